The van der Waals surface area contributed by atoms with Gasteiger partial charge < -0.3 is 0 Å². The number of hydrogen-bond acceptors (Lipinski definition) is 3. The Kier molecular flexibility index (Phi) is 2.57. The lowest BCUT2D eigenvalue weighted by atomic mass is 9.90. The third-order valence-electron chi connectivity index (χ3n) is 3.26. The summed E-state index contributed by atoms with van der Waals surface area (Å²) in [7, 11) is 0. The maximum absolute atomic E-state index is 11.9. The number of carbonyl (C=O) groups is 1. The second-order valence-electron chi connectivity index (χ2n) is 4.37. The predicted molar refractivity (Wildman–Crippen MR) is 67.3 cm³/mol. The van der Waals surface area contributed by atoms with Crippen molar-refractivity contribution in [1.82, 2.24) is 9.99 Å². The zero-order chi connectivity index (χ0) is 12.5. The number of nitrogens with zero attached hydrogens (tertiary/aromatic N) is 2. The Morgan fingerprint density at radius 2 is 2.06 bits per heavy atom. The third kappa shape index (κ3) is 1.67. The molecule has 2 heterocycles. The highest BCUT2D eigenvalue weighted by molar-refractivity contribution is 5.81. The van der Waals surface area contributed by atoms with Crippen molar-refractivity contribution in [3.05, 3.63) is 65.5 Å². The van der Waals surface area contributed by atoms with Crippen molar-refractivity contribution in [3.8, 4) is 0 Å². The Balaban J connectivity index is 2.15. The minimum Gasteiger partial charge on any atom is -0.273 e. The van der Waals surface area contributed by atoms with Gasteiger partial charge in [-0.3, -0.25) is 14.8 Å². The van der Waals surface area contributed by atoms with Crippen LogP contribution in [0.3, 0.4) is 0 Å². The summed E-state index contributed by atoms with van der Waals surface area (Å²) in [5.41, 5.74) is 3.05. The number of rotatable bonds is 1. The molecule has 0 saturated carbocycles. The molecule has 0 saturated heterocycles. The summed E-state index contributed by atoms with van der Waals surface area (Å²) in [5.74, 6) is 5.86. The lowest BCUT2D eigenvalue weighted by molar-refractivity contribution is -0.133. The number of aromatic nitrogens is 1. The highest BCUT2D eigenvalue weighted by Gasteiger charge is 2.31. The molecule has 0 fully saturated rings. The van der Waals surface area contributed by atoms with Gasteiger partial charge in [-0.25, -0.2) is 5.84 Å². The Morgan fingerprint density at radius 1 is 1.22 bits per heavy atom. The van der Waals surface area contributed by atoms with Crippen LogP contribution in [-0.4, -0.2) is 15.9 Å². The van der Waals surface area contributed by atoms with E-state index in [1.54, 1.807) is 12.4 Å². The van der Waals surface area contributed by atoms with E-state index in [2.05, 4.69) is 4.98 Å². The standard InChI is InChI=1S/C14H13N3O/c15-17-13(18)8-10-4-1-2-6-12(10)14(17)11-5-3-7-16-9-11/h1-7,9,14H,8,15H2. The van der Waals surface area contributed by atoms with E-state index in [0.29, 0.717) is 6.42 Å². The van der Waals surface area contributed by atoms with Gasteiger partial charge in [0.1, 0.15) is 0 Å². The number of fused-ring (bicyclic) bond motifs is 1. The number of amides is 1. The summed E-state index contributed by atoms with van der Waals surface area (Å²) >= 11 is 0. The van der Waals surface area contributed by atoms with E-state index in [4.69, 9.17) is 5.84 Å². The average molecular weight is 239 g/mol. The number of nitrogens with two attached hydrogens (primary N) is 1. The first kappa shape index (κ1) is 10.9. The summed E-state index contributed by atoms with van der Waals surface area (Å²) in [6.07, 6.45) is 3.82. The molecule has 1 amide bonds. The van der Waals surface area contributed by atoms with Crippen molar-refractivity contribution < 1.29 is 4.79 Å². The van der Waals surface area contributed by atoms with Crippen molar-refractivity contribution >= 4 is 5.91 Å². The first-order valence-electron chi connectivity index (χ1n) is 5.82. The zero-order valence-electron chi connectivity index (χ0n) is 9.78. The van der Waals surface area contributed by atoms with Crippen LogP contribution in [0.5, 0.6) is 0 Å². The molecule has 1 aliphatic heterocycles. The molecule has 0 aliphatic carbocycles. The molecular formula is C14H13N3O. The van der Waals surface area contributed by atoms with Crippen molar-refractivity contribution in [1.29, 1.82) is 0 Å². The summed E-state index contributed by atoms with van der Waals surface area (Å²) in [4.78, 5) is 16.0. The van der Waals surface area contributed by atoms with E-state index in [1.807, 2.05) is 36.4 Å². The Hall–Kier alpha value is -2.20. The highest BCUT2D eigenvalue weighted by Crippen LogP contribution is 2.32. The normalized spacial score (nSPS) is 18.6. The molecule has 1 aliphatic rings. The predicted octanol–water partition coefficient (Wildman–Crippen LogP) is 1.43. The van der Waals surface area contributed by atoms with E-state index in [0.717, 1.165) is 16.7 Å². The Morgan fingerprint density at radius 3 is 2.83 bits per heavy atom. The smallest absolute Gasteiger partial charge is 0.241 e. The summed E-state index contributed by atoms with van der Waals surface area (Å²) in [6, 6.07) is 11.4. The number of pyridine rings is 1. The molecule has 1 aromatic carbocycles. The minimum atomic E-state index is -0.240. The fourth-order valence-corrected chi connectivity index (χ4v) is 2.39. The second kappa shape index (κ2) is 4.23. The first-order chi connectivity index (χ1) is 8.77. The van der Waals surface area contributed by atoms with Gasteiger partial charge in [0.2, 0.25) is 5.91 Å². The summed E-state index contributed by atoms with van der Waals surface area (Å²) < 4.78 is 0. The molecule has 2 N–H and O–H groups in total. The Labute approximate surface area is 105 Å². The lowest BCUT2D eigenvalue weighted by Crippen LogP contribution is -2.45. The number of hydrazine groups is 1. The van der Waals surface area contributed by atoms with Crippen LogP contribution in [-0.2, 0) is 11.2 Å². The fraction of sp³-hybridized carbons (Fsp3) is 0.143. The van der Waals surface area contributed by atoms with E-state index in [9.17, 15) is 4.79 Å². The molecule has 4 heteroatoms. The van der Waals surface area contributed by atoms with Crippen molar-refractivity contribution in [2.24, 2.45) is 5.84 Å². The van der Waals surface area contributed by atoms with Gasteiger partial charge in [0.05, 0.1) is 12.5 Å². The van der Waals surface area contributed by atoms with Crippen LogP contribution < -0.4 is 5.84 Å². The first-order valence-corrected chi connectivity index (χ1v) is 5.82. The topological polar surface area (TPSA) is 59.2 Å². The van der Waals surface area contributed by atoms with E-state index in [1.165, 1.54) is 5.01 Å². The monoisotopic (exact) mass is 239 g/mol. The molecule has 2 aromatic rings. The summed E-state index contributed by atoms with van der Waals surface area (Å²) in [5, 5.41) is 1.30. The van der Waals surface area contributed by atoms with Gasteiger partial charge in [-0.2, -0.15) is 0 Å². The third-order valence-corrected chi connectivity index (χ3v) is 3.26. The number of carbonyl (C=O) groups excluding carboxylic acids is 1. The molecule has 0 spiro atoms. The van der Waals surface area contributed by atoms with Crippen LogP contribution in [0.2, 0.25) is 0 Å². The molecule has 1 atom stereocenters. The van der Waals surface area contributed by atoms with Gasteiger partial charge in [0.25, 0.3) is 0 Å². The minimum absolute atomic E-state index is 0.0671. The van der Waals surface area contributed by atoms with Crippen LogP contribution in [0.25, 0.3) is 0 Å². The van der Waals surface area contributed by atoms with Gasteiger partial charge in [-0.1, -0.05) is 30.3 Å². The molecule has 4 nitrogen and oxygen atoms in total. The molecule has 18 heavy (non-hydrogen) atoms. The molecular weight excluding hydrogens is 226 g/mol. The van der Waals surface area contributed by atoms with Crippen LogP contribution >= 0.6 is 0 Å². The fourth-order valence-electron chi connectivity index (χ4n) is 2.39. The van der Waals surface area contributed by atoms with Gasteiger partial charge >= 0.3 is 0 Å². The highest BCUT2D eigenvalue weighted by atomic mass is 16.2. The quantitative estimate of drug-likeness (QED) is 0.605. The van der Waals surface area contributed by atoms with Crippen LogP contribution in [0.15, 0.2) is 48.8 Å². The van der Waals surface area contributed by atoms with Crippen molar-refractivity contribution in [2.75, 3.05) is 0 Å². The summed E-state index contributed by atoms with van der Waals surface area (Å²) in [6.45, 7) is 0. The van der Waals surface area contributed by atoms with E-state index >= 15 is 0 Å². The van der Waals surface area contributed by atoms with Crippen LogP contribution in [0, 0.1) is 0 Å². The van der Waals surface area contributed by atoms with Gasteiger partial charge in [0.15, 0.2) is 0 Å². The van der Waals surface area contributed by atoms with Crippen molar-refractivity contribution in [3.63, 3.8) is 0 Å². The SMILES string of the molecule is NN1C(=O)Cc2ccccc2C1c1cccnc1. The molecule has 0 radical (unpaired) electrons. The van der Waals surface area contributed by atoms with Crippen LogP contribution in [0.1, 0.15) is 22.7 Å². The second-order valence-corrected chi connectivity index (χ2v) is 4.37. The van der Waals surface area contributed by atoms with Crippen LogP contribution in [0.4, 0.5) is 0 Å². The molecule has 3 rings (SSSR count). The zero-order valence-corrected chi connectivity index (χ0v) is 9.78. The van der Waals surface area contributed by atoms with E-state index in [-0.39, 0.29) is 11.9 Å². The van der Waals surface area contributed by atoms with E-state index < -0.39 is 0 Å². The lowest BCUT2D eigenvalue weighted by Gasteiger charge is -2.33. The molecule has 0 bridgehead atoms. The van der Waals surface area contributed by atoms with Crippen molar-refractivity contribution in [2.45, 2.75) is 12.5 Å². The molecule has 1 aromatic heterocycles. The number of hydrogen-bond donors (Lipinski definition) is 1. The van der Waals surface area contributed by atoms with Gasteiger partial charge in [-0.15, -0.1) is 0 Å². The largest absolute Gasteiger partial charge is 0.273 e. The maximum Gasteiger partial charge on any atom is 0.241 e. The molecule has 90 valence electrons. The maximum atomic E-state index is 11.9. The average Bonchev–Trinajstić information content (AvgIpc) is 2.41. The van der Waals surface area contributed by atoms with Gasteiger partial charge in [-0.05, 0) is 22.8 Å². The van der Waals surface area contributed by atoms with Gasteiger partial charge in [0, 0.05) is 12.4 Å². The molecule has 1 unspecified atom stereocenters. The Bertz CT molecular complexity index is 583. The number of benzene rings is 1.